The van der Waals surface area contributed by atoms with Crippen molar-refractivity contribution in [1.29, 1.82) is 0 Å². The van der Waals surface area contributed by atoms with Gasteiger partial charge in [-0.3, -0.25) is 19.2 Å². The highest BCUT2D eigenvalue weighted by Crippen LogP contribution is 2.47. The normalized spacial score (nSPS) is 21.6. The third-order valence-electron chi connectivity index (χ3n) is 10.5. The molecule has 5 atom stereocenters. The number of hydrogen-bond donors (Lipinski definition) is 6. The van der Waals surface area contributed by atoms with Crippen molar-refractivity contribution in [2.75, 3.05) is 0 Å². The zero-order valence-corrected chi connectivity index (χ0v) is 29.8. The van der Waals surface area contributed by atoms with Crippen LogP contribution < -0.4 is 9.47 Å². The Balaban J connectivity index is 1.46. The van der Waals surface area contributed by atoms with Gasteiger partial charge in [0.2, 0.25) is 6.29 Å². The Morgan fingerprint density at radius 3 is 2.27 bits per heavy atom. The summed E-state index contributed by atoms with van der Waals surface area (Å²) in [5.41, 5.74) is 2.10. The van der Waals surface area contributed by atoms with Crippen LogP contribution in [0.5, 0.6) is 17.2 Å². The highest BCUT2D eigenvalue weighted by atomic mass is 16.7. The average Bonchev–Trinajstić information content (AvgIpc) is 3.18. The van der Waals surface area contributed by atoms with E-state index in [0.29, 0.717) is 30.3 Å². The molecular weight excluding hydrogens is 712 g/mol. The molecule has 2 aliphatic carbocycles. The third-order valence-corrected chi connectivity index (χ3v) is 10.5. The number of rotatable bonds is 9. The molecule has 55 heavy (non-hydrogen) atoms. The minimum Gasteiger partial charge on any atom is -0.507 e. The van der Waals surface area contributed by atoms with E-state index in [-0.39, 0.29) is 62.4 Å². The lowest BCUT2D eigenvalue weighted by Crippen LogP contribution is -2.58. The maximum Gasteiger partial charge on any atom is 0.308 e. The number of aryl methyl sites for hydroxylation is 1. The second-order valence-electron chi connectivity index (χ2n) is 13.8. The summed E-state index contributed by atoms with van der Waals surface area (Å²) in [7, 11) is 0. The number of phenolic OH excluding ortho intramolecular Hbond substituents is 1. The average molecular weight is 751 g/mol. The van der Waals surface area contributed by atoms with Crippen LogP contribution in [-0.2, 0) is 35.6 Å². The highest BCUT2D eigenvalue weighted by molar-refractivity contribution is 6.31. The van der Waals surface area contributed by atoms with E-state index in [2.05, 4.69) is 0 Å². The standard InChI is InChI=1S/C42H38O13/c1-19-36(47)40(51)41(52)42(53-19)55-30-15-28-34(37(48)27(30)13-23-8-5-9-25(16-43)29(23)18-45)39(50)33-26(17-44)14-31(54-20(2)46)32(35(33)38(28)49)24-11-10-21-6-3-4-7-22(21)12-24/h3-9,12,14-15,18-19,36,40-44,47-48,51-52H,10-11,13,16-17H2,1-2H3/t19-,36+,40+,41+,42+/m0/s1. The number of hydrogen-bond acceptors (Lipinski definition) is 13. The molecule has 1 heterocycles. The number of aromatic hydroxyl groups is 1. The summed E-state index contributed by atoms with van der Waals surface area (Å²) in [5, 5.41) is 64.2. The Bertz CT molecular complexity index is 2290. The lowest BCUT2D eigenvalue weighted by molar-refractivity contribution is -0.268. The lowest BCUT2D eigenvalue weighted by Gasteiger charge is -2.39. The Morgan fingerprint density at radius 2 is 1.56 bits per heavy atom. The number of allylic oxidation sites excluding steroid dienone is 1. The summed E-state index contributed by atoms with van der Waals surface area (Å²) in [4.78, 5) is 54.3. The predicted octanol–water partition coefficient (Wildman–Crippen LogP) is 3.17. The van der Waals surface area contributed by atoms with Crippen LogP contribution in [-0.4, -0.2) is 85.2 Å². The molecule has 0 spiro atoms. The number of ketones is 2. The number of ether oxygens (including phenoxy) is 3. The van der Waals surface area contributed by atoms with Crippen molar-refractivity contribution in [3.8, 4) is 17.2 Å². The molecule has 4 aromatic rings. The highest BCUT2D eigenvalue weighted by Gasteiger charge is 2.45. The first kappa shape index (κ1) is 37.8. The monoisotopic (exact) mass is 750 g/mol. The van der Waals surface area contributed by atoms with E-state index >= 15 is 0 Å². The summed E-state index contributed by atoms with van der Waals surface area (Å²) >= 11 is 0. The smallest absolute Gasteiger partial charge is 0.308 e. The second kappa shape index (κ2) is 14.9. The Morgan fingerprint density at radius 1 is 0.836 bits per heavy atom. The molecule has 1 aliphatic heterocycles. The summed E-state index contributed by atoms with van der Waals surface area (Å²) in [6.45, 7) is 1.41. The zero-order chi connectivity index (χ0) is 39.3. The Hall–Kier alpha value is -5.54. The van der Waals surface area contributed by atoms with Gasteiger partial charge in [-0.1, -0.05) is 48.5 Å². The molecule has 6 N–H and O–H groups in total. The number of carbonyl (C=O) groups excluding carboxylic acids is 4. The molecule has 0 bridgehead atoms. The van der Waals surface area contributed by atoms with E-state index in [4.69, 9.17) is 14.2 Å². The molecule has 0 saturated carbocycles. The van der Waals surface area contributed by atoms with Gasteiger partial charge in [0.15, 0.2) is 17.9 Å². The molecular formula is C42H38O13. The molecule has 1 fully saturated rings. The minimum absolute atomic E-state index is 0.0313. The van der Waals surface area contributed by atoms with Gasteiger partial charge in [0, 0.05) is 46.7 Å². The van der Waals surface area contributed by atoms with Crippen molar-refractivity contribution in [3.63, 3.8) is 0 Å². The lowest BCUT2D eigenvalue weighted by atomic mass is 9.75. The largest absolute Gasteiger partial charge is 0.507 e. The Kier molecular flexibility index (Phi) is 10.3. The number of carbonyl (C=O) groups is 4. The molecule has 4 aromatic carbocycles. The maximum absolute atomic E-state index is 14.9. The minimum atomic E-state index is -1.80. The van der Waals surface area contributed by atoms with Gasteiger partial charge in [0.25, 0.3) is 0 Å². The molecule has 3 aliphatic rings. The van der Waals surface area contributed by atoms with Gasteiger partial charge in [-0.25, -0.2) is 0 Å². The van der Waals surface area contributed by atoms with Crippen molar-refractivity contribution in [2.45, 2.75) is 77.0 Å². The molecule has 13 heteroatoms. The first-order chi connectivity index (χ1) is 26.4. The van der Waals surface area contributed by atoms with Crippen LogP contribution in [0.25, 0.3) is 11.6 Å². The fourth-order valence-corrected chi connectivity index (χ4v) is 7.67. The van der Waals surface area contributed by atoms with Gasteiger partial charge in [-0.05, 0) is 65.3 Å². The van der Waals surface area contributed by atoms with Gasteiger partial charge in [0.1, 0.15) is 35.6 Å². The van der Waals surface area contributed by atoms with Crippen molar-refractivity contribution in [2.24, 2.45) is 0 Å². The van der Waals surface area contributed by atoms with Crippen LogP contribution in [0.1, 0.15) is 101 Å². The fourth-order valence-electron chi connectivity index (χ4n) is 7.67. The van der Waals surface area contributed by atoms with Crippen molar-refractivity contribution in [3.05, 3.63) is 121 Å². The number of aldehydes is 1. The van der Waals surface area contributed by atoms with Gasteiger partial charge < -0.3 is 44.8 Å². The Labute approximate surface area is 314 Å². The zero-order valence-electron chi connectivity index (χ0n) is 29.8. The summed E-state index contributed by atoms with van der Waals surface area (Å²) in [6.07, 6.45) is -4.57. The molecule has 284 valence electrons. The van der Waals surface area contributed by atoms with Crippen LogP contribution in [0.3, 0.4) is 0 Å². The number of benzene rings is 4. The third kappa shape index (κ3) is 6.54. The van der Waals surface area contributed by atoms with Crippen LogP contribution in [0.15, 0.2) is 54.6 Å². The van der Waals surface area contributed by atoms with E-state index < -0.39 is 72.8 Å². The number of aliphatic hydroxyl groups is 5. The SMILES string of the molecule is CC(=O)Oc1cc(CO)c2c(c1C1=Cc3ccccc3CC1)C(=O)c1cc(O[C@H]3O[C@@H](C)[C@@H](O)[C@@H](O)[C@H]3O)c(Cc3cccc(CO)c3C=O)c(O)c1C2=O. The number of aliphatic hydroxyl groups excluding tert-OH is 5. The van der Waals surface area contributed by atoms with Crippen molar-refractivity contribution >= 4 is 35.5 Å². The van der Waals surface area contributed by atoms with Gasteiger partial charge in [-0.2, -0.15) is 0 Å². The van der Waals surface area contributed by atoms with Gasteiger partial charge in [0.05, 0.1) is 24.9 Å². The second-order valence-corrected chi connectivity index (χ2v) is 13.8. The van der Waals surface area contributed by atoms with E-state index in [1.165, 1.54) is 32.0 Å². The topological polar surface area (TPSA) is 217 Å². The molecule has 0 aromatic heterocycles. The van der Waals surface area contributed by atoms with E-state index in [1.807, 2.05) is 30.3 Å². The quantitative estimate of drug-likeness (QED) is 0.0726. The molecule has 1 saturated heterocycles. The molecule has 0 amide bonds. The predicted molar refractivity (Wildman–Crippen MR) is 195 cm³/mol. The van der Waals surface area contributed by atoms with Gasteiger partial charge >= 0.3 is 5.97 Å². The number of esters is 1. The van der Waals surface area contributed by atoms with Crippen molar-refractivity contribution < 1.29 is 64.0 Å². The van der Waals surface area contributed by atoms with Crippen LogP contribution >= 0.6 is 0 Å². The summed E-state index contributed by atoms with van der Waals surface area (Å²) in [6, 6.07) is 14.8. The maximum atomic E-state index is 14.9. The van der Waals surface area contributed by atoms with Crippen LogP contribution in [0.4, 0.5) is 0 Å². The van der Waals surface area contributed by atoms with Crippen molar-refractivity contribution in [1.82, 2.24) is 0 Å². The van der Waals surface area contributed by atoms with E-state index in [0.717, 1.165) is 11.1 Å². The van der Waals surface area contributed by atoms with E-state index in [9.17, 15) is 49.8 Å². The number of fused-ring (bicyclic) bond motifs is 3. The van der Waals surface area contributed by atoms with E-state index in [1.54, 1.807) is 12.1 Å². The van der Waals surface area contributed by atoms with Crippen LogP contribution in [0.2, 0.25) is 0 Å². The first-order valence-electron chi connectivity index (χ1n) is 17.7. The fraction of sp³-hybridized carbons (Fsp3) is 0.286. The first-order valence-corrected chi connectivity index (χ1v) is 17.7. The molecule has 13 nitrogen and oxygen atoms in total. The molecule has 7 rings (SSSR count). The molecule has 0 unspecified atom stereocenters. The van der Waals surface area contributed by atoms with Gasteiger partial charge in [-0.15, -0.1) is 0 Å². The molecule has 0 radical (unpaired) electrons. The van der Waals surface area contributed by atoms with Crippen LogP contribution in [0, 0.1) is 0 Å². The summed E-state index contributed by atoms with van der Waals surface area (Å²) in [5.74, 6) is -3.33. The number of phenols is 1. The summed E-state index contributed by atoms with van der Waals surface area (Å²) < 4.78 is 17.4.